The van der Waals surface area contributed by atoms with Gasteiger partial charge in [0.15, 0.2) is 0 Å². The largest absolute Gasteiger partial charge is 0.496 e. The number of amides is 1. The van der Waals surface area contributed by atoms with Gasteiger partial charge in [0, 0.05) is 12.6 Å². The Morgan fingerprint density at radius 3 is 2.61 bits per heavy atom. The van der Waals surface area contributed by atoms with Crippen molar-refractivity contribution in [2.45, 2.75) is 32.8 Å². The molecule has 0 aliphatic carbocycles. The molecule has 1 aromatic rings. The Morgan fingerprint density at radius 1 is 1.35 bits per heavy atom. The smallest absolute Gasteiger partial charge is 0.407 e. The second-order valence-electron chi connectivity index (χ2n) is 5.84. The van der Waals surface area contributed by atoms with Crippen molar-refractivity contribution >= 4 is 17.9 Å². The number of nitrogens with one attached hydrogen (secondary N) is 1. The van der Waals surface area contributed by atoms with Crippen molar-refractivity contribution in [1.29, 1.82) is 0 Å². The number of ether oxygens (including phenoxy) is 2. The van der Waals surface area contributed by atoms with Gasteiger partial charge in [0.1, 0.15) is 11.4 Å². The van der Waals surface area contributed by atoms with Gasteiger partial charge >= 0.3 is 6.09 Å². The summed E-state index contributed by atoms with van der Waals surface area (Å²) in [5, 5.41) is 13.5. The van der Waals surface area contributed by atoms with Crippen molar-refractivity contribution in [3.8, 4) is 5.75 Å². The highest BCUT2D eigenvalue weighted by Crippen LogP contribution is 2.23. The normalized spacial score (nSPS) is 11.3. The molecule has 7 nitrogen and oxygen atoms in total. The van der Waals surface area contributed by atoms with E-state index in [-0.39, 0.29) is 5.69 Å². The molecule has 0 aliphatic rings. The fourth-order valence-electron chi connectivity index (χ4n) is 1.72. The highest BCUT2D eigenvalue weighted by atomic mass is 16.6. The van der Waals surface area contributed by atoms with E-state index in [0.717, 1.165) is 0 Å². The molecule has 23 heavy (non-hydrogen) atoms. The van der Waals surface area contributed by atoms with E-state index in [1.165, 1.54) is 19.2 Å². The number of carbonyl (C=O) groups excluding carboxylic acids is 1. The van der Waals surface area contributed by atoms with Crippen molar-refractivity contribution in [2.24, 2.45) is 0 Å². The van der Waals surface area contributed by atoms with E-state index in [1.807, 2.05) is 6.08 Å². The lowest BCUT2D eigenvalue weighted by Gasteiger charge is -2.19. The minimum Gasteiger partial charge on any atom is -0.496 e. The third-order valence-corrected chi connectivity index (χ3v) is 2.65. The Kier molecular flexibility index (Phi) is 6.56. The fraction of sp³-hybridized carbons (Fsp3) is 0.438. The molecule has 0 heterocycles. The van der Waals surface area contributed by atoms with Crippen molar-refractivity contribution in [2.75, 3.05) is 13.7 Å². The summed E-state index contributed by atoms with van der Waals surface area (Å²) >= 11 is 0. The number of nitro groups is 1. The number of nitrogens with zero attached hydrogens (tertiary/aromatic N) is 1. The SMILES string of the molecule is COc1cc(C=CCCNC(=O)OC(C)(C)C)cc([N+](=O)[O-])c1. The number of alkyl carbamates (subject to hydrolysis) is 1. The molecule has 0 aromatic heterocycles. The first-order chi connectivity index (χ1) is 10.7. The zero-order valence-corrected chi connectivity index (χ0v) is 13.8. The van der Waals surface area contributed by atoms with Gasteiger partial charge in [-0.15, -0.1) is 0 Å². The van der Waals surface area contributed by atoms with Crippen molar-refractivity contribution in [1.82, 2.24) is 5.32 Å². The molecular formula is C16H22N2O5. The van der Waals surface area contributed by atoms with E-state index in [9.17, 15) is 14.9 Å². The number of rotatable bonds is 6. The van der Waals surface area contributed by atoms with Gasteiger partial charge in [-0.2, -0.15) is 0 Å². The van der Waals surface area contributed by atoms with E-state index >= 15 is 0 Å². The summed E-state index contributed by atoms with van der Waals surface area (Å²) in [4.78, 5) is 21.8. The summed E-state index contributed by atoms with van der Waals surface area (Å²) in [6.07, 6.45) is 3.66. The topological polar surface area (TPSA) is 90.7 Å². The molecule has 0 bridgehead atoms. The molecule has 0 saturated heterocycles. The molecule has 0 unspecified atom stereocenters. The van der Waals surface area contributed by atoms with Crippen LogP contribution in [0.3, 0.4) is 0 Å². The Labute approximate surface area is 135 Å². The number of hydrogen-bond acceptors (Lipinski definition) is 5. The van der Waals surface area contributed by atoms with Crippen LogP contribution in [-0.4, -0.2) is 30.3 Å². The lowest BCUT2D eigenvalue weighted by atomic mass is 10.1. The molecule has 1 rings (SSSR count). The average Bonchev–Trinajstić information content (AvgIpc) is 2.44. The van der Waals surface area contributed by atoms with E-state index in [1.54, 1.807) is 32.9 Å². The maximum absolute atomic E-state index is 11.4. The zero-order valence-electron chi connectivity index (χ0n) is 13.8. The van der Waals surface area contributed by atoms with Crippen LogP contribution in [0.1, 0.15) is 32.8 Å². The Hall–Kier alpha value is -2.57. The molecule has 1 amide bonds. The van der Waals surface area contributed by atoms with Crippen LogP contribution in [0.25, 0.3) is 6.08 Å². The number of nitro benzene ring substituents is 1. The van der Waals surface area contributed by atoms with Crippen LogP contribution in [0.2, 0.25) is 0 Å². The summed E-state index contributed by atoms with van der Waals surface area (Å²) in [6, 6.07) is 4.52. The van der Waals surface area contributed by atoms with E-state index < -0.39 is 16.6 Å². The predicted molar refractivity (Wildman–Crippen MR) is 87.5 cm³/mol. The Morgan fingerprint density at radius 2 is 2.04 bits per heavy atom. The van der Waals surface area contributed by atoms with Gasteiger partial charge in [-0.3, -0.25) is 10.1 Å². The van der Waals surface area contributed by atoms with E-state index in [2.05, 4.69) is 5.32 Å². The molecule has 0 aliphatic heterocycles. The average molecular weight is 322 g/mol. The maximum Gasteiger partial charge on any atom is 0.407 e. The molecule has 0 radical (unpaired) electrons. The van der Waals surface area contributed by atoms with Gasteiger partial charge < -0.3 is 14.8 Å². The quantitative estimate of drug-likeness (QED) is 0.491. The highest BCUT2D eigenvalue weighted by molar-refractivity contribution is 5.67. The van der Waals surface area contributed by atoms with Crippen LogP contribution < -0.4 is 10.1 Å². The first kappa shape index (κ1) is 18.5. The molecule has 0 saturated carbocycles. The van der Waals surface area contributed by atoms with Crippen molar-refractivity contribution in [3.63, 3.8) is 0 Å². The predicted octanol–water partition coefficient (Wildman–Crippen LogP) is 3.53. The third kappa shape index (κ3) is 7.30. The summed E-state index contributed by atoms with van der Waals surface area (Å²) in [7, 11) is 1.46. The monoisotopic (exact) mass is 322 g/mol. The number of hydrogen-bond donors (Lipinski definition) is 1. The first-order valence-electron chi connectivity index (χ1n) is 7.18. The Bertz CT molecular complexity index is 591. The van der Waals surface area contributed by atoms with Crippen LogP contribution in [0, 0.1) is 10.1 Å². The number of carbonyl (C=O) groups is 1. The molecule has 0 spiro atoms. The van der Waals surface area contributed by atoms with Gasteiger partial charge in [-0.25, -0.2) is 4.79 Å². The van der Waals surface area contributed by atoms with Gasteiger partial charge in [0.25, 0.3) is 5.69 Å². The van der Waals surface area contributed by atoms with Crippen LogP contribution in [-0.2, 0) is 4.74 Å². The third-order valence-electron chi connectivity index (χ3n) is 2.65. The van der Waals surface area contributed by atoms with Crippen LogP contribution >= 0.6 is 0 Å². The molecule has 0 atom stereocenters. The lowest BCUT2D eigenvalue weighted by molar-refractivity contribution is -0.384. The highest BCUT2D eigenvalue weighted by Gasteiger charge is 2.15. The van der Waals surface area contributed by atoms with Gasteiger partial charge in [-0.05, 0) is 38.8 Å². The summed E-state index contributed by atoms with van der Waals surface area (Å²) < 4.78 is 10.1. The first-order valence-corrected chi connectivity index (χ1v) is 7.18. The van der Waals surface area contributed by atoms with Crippen LogP contribution in [0.5, 0.6) is 5.75 Å². The van der Waals surface area contributed by atoms with Crippen LogP contribution in [0.15, 0.2) is 24.3 Å². The minimum atomic E-state index is -0.528. The molecule has 0 fully saturated rings. The minimum absolute atomic E-state index is 0.0316. The molecular weight excluding hydrogens is 300 g/mol. The second kappa shape index (κ2) is 8.17. The van der Waals surface area contributed by atoms with Gasteiger partial charge in [-0.1, -0.05) is 12.2 Å². The van der Waals surface area contributed by atoms with Crippen molar-refractivity contribution in [3.05, 3.63) is 40.0 Å². The summed E-state index contributed by atoms with van der Waals surface area (Å²) in [5.74, 6) is 0.422. The van der Waals surface area contributed by atoms with Crippen molar-refractivity contribution < 1.29 is 19.2 Å². The van der Waals surface area contributed by atoms with Gasteiger partial charge in [0.2, 0.25) is 0 Å². The van der Waals surface area contributed by atoms with E-state index in [0.29, 0.717) is 24.3 Å². The molecule has 1 N–H and O–H groups in total. The maximum atomic E-state index is 11.4. The van der Waals surface area contributed by atoms with E-state index in [4.69, 9.17) is 9.47 Å². The fourth-order valence-corrected chi connectivity index (χ4v) is 1.72. The van der Waals surface area contributed by atoms with Crippen LogP contribution in [0.4, 0.5) is 10.5 Å². The standard InChI is InChI=1S/C16H22N2O5/c1-16(2,3)23-15(19)17-8-6-5-7-12-9-13(18(20)21)11-14(10-12)22-4/h5,7,9-11H,6,8H2,1-4H3,(H,17,19). The number of methoxy groups -OCH3 is 1. The molecule has 7 heteroatoms. The number of benzene rings is 1. The summed E-state index contributed by atoms with van der Waals surface area (Å²) in [6.45, 7) is 5.80. The molecule has 126 valence electrons. The Balaban J connectivity index is 2.53. The number of non-ortho nitro benzene ring substituents is 1. The second-order valence-corrected chi connectivity index (χ2v) is 5.84. The zero-order chi connectivity index (χ0) is 17.5. The lowest BCUT2D eigenvalue weighted by Crippen LogP contribution is -2.32. The van der Waals surface area contributed by atoms with Gasteiger partial charge in [0.05, 0.1) is 18.1 Å². The summed E-state index contributed by atoms with van der Waals surface area (Å²) in [5.41, 5.74) is 0.101. The molecule has 1 aromatic carbocycles.